The van der Waals surface area contributed by atoms with Crippen LogP contribution >= 0.6 is 0 Å². The van der Waals surface area contributed by atoms with Gasteiger partial charge in [-0.2, -0.15) is 0 Å². The van der Waals surface area contributed by atoms with Crippen molar-refractivity contribution >= 4 is 0 Å². The van der Waals surface area contributed by atoms with Gasteiger partial charge in [-0.1, -0.05) is 45.0 Å². The summed E-state index contributed by atoms with van der Waals surface area (Å²) in [6.45, 7) is 6.97. The van der Waals surface area contributed by atoms with E-state index in [-0.39, 0.29) is 11.5 Å². The summed E-state index contributed by atoms with van der Waals surface area (Å²) in [7, 11) is 0. The Morgan fingerprint density at radius 1 is 1.19 bits per heavy atom. The lowest BCUT2D eigenvalue weighted by atomic mass is 9.86. The third kappa shape index (κ3) is 3.95. The lowest BCUT2D eigenvalue weighted by Crippen LogP contribution is -2.20. The number of nitrogens with two attached hydrogens (primary N) is 1. The molecule has 0 radical (unpaired) electrons. The van der Waals surface area contributed by atoms with Crippen LogP contribution in [0.25, 0.3) is 0 Å². The molecule has 1 atom stereocenters. The molecule has 90 valence electrons. The highest BCUT2D eigenvalue weighted by Gasteiger charge is 2.12. The molecule has 2 heteroatoms. The van der Waals surface area contributed by atoms with E-state index in [1.54, 1.807) is 0 Å². The van der Waals surface area contributed by atoms with Crippen LogP contribution < -0.4 is 5.73 Å². The van der Waals surface area contributed by atoms with Crippen LogP contribution in [-0.4, -0.2) is 17.8 Å². The minimum atomic E-state index is -0.373. The van der Waals surface area contributed by atoms with Gasteiger partial charge in [-0.15, -0.1) is 0 Å². The van der Waals surface area contributed by atoms with E-state index in [2.05, 4.69) is 45.0 Å². The van der Waals surface area contributed by atoms with Crippen molar-refractivity contribution in [2.75, 3.05) is 6.54 Å². The SMILES string of the molecule is CC(C)(C)c1ccc(CCC(O)CN)cc1. The third-order valence-electron chi connectivity index (χ3n) is 2.86. The zero-order valence-electron chi connectivity index (χ0n) is 10.5. The minimum absolute atomic E-state index is 0.204. The zero-order chi connectivity index (χ0) is 12.2. The molecule has 0 aliphatic carbocycles. The monoisotopic (exact) mass is 221 g/mol. The number of aliphatic hydroxyl groups is 1. The molecule has 1 aromatic carbocycles. The lowest BCUT2D eigenvalue weighted by Gasteiger charge is -2.19. The highest BCUT2D eigenvalue weighted by atomic mass is 16.3. The lowest BCUT2D eigenvalue weighted by molar-refractivity contribution is 0.173. The summed E-state index contributed by atoms with van der Waals surface area (Å²) in [5.41, 5.74) is 8.18. The van der Waals surface area contributed by atoms with Crippen molar-refractivity contribution in [2.24, 2.45) is 5.73 Å². The fourth-order valence-electron chi connectivity index (χ4n) is 1.62. The van der Waals surface area contributed by atoms with Crippen LogP contribution in [0.15, 0.2) is 24.3 Å². The normalized spacial score (nSPS) is 13.8. The van der Waals surface area contributed by atoms with E-state index in [4.69, 9.17) is 5.73 Å². The number of rotatable bonds is 4. The third-order valence-corrected chi connectivity index (χ3v) is 2.86. The summed E-state index contributed by atoms with van der Waals surface area (Å²) in [6.07, 6.45) is 1.26. The molecule has 0 amide bonds. The van der Waals surface area contributed by atoms with Gasteiger partial charge >= 0.3 is 0 Å². The topological polar surface area (TPSA) is 46.2 Å². The fourth-order valence-corrected chi connectivity index (χ4v) is 1.62. The van der Waals surface area contributed by atoms with Gasteiger partial charge in [-0.05, 0) is 29.4 Å². The van der Waals surface area contributed by atoms with Crippen molar-refractivity contribution in [3.63, 3.8) is 0 Å². The molecule has 0 bridgehead atoms. The molecule has 0 heterocycles. The van der Waals surface area contributed by atoms with Gasteiger partial charge in [0.1, 0.15) is 0 Å². The first-order valence-electron chi connectivity index (χ1n) is 5.91. The minimum Gasteiger partial charge on any atom is -0.392 e. The summed E-state index contributed by atoms with van der Waals surface area (Å²) in [5.74, 6) is 0. The molecule has 0 aromatic heterocycles. The van der Waals surface area contributed by atoms with Crippen molar-refractivity contribution < 1.29 is 5.11 Å². The zero-order valence-corrected chi connectivity index (χ0v) is 10.5. The van der Waals surface area contributed by atoms with Crippen LogP contribution in [0.2, 0.25) is 0 Å². The van der Waals surface area contributed by atoms with E-state index in [9.17, 15) is 5.11 Å². The van der Waals surface area contributed by atoms with Crippen LogP contribution in [0.5, 0.6) is 0 Å². The Kier molecular flexibility index (Phi) is 4.51. The summed E-state index contributed by atoms with van der Waals surface area (Å²) in [6, 6.07) is 8.63. The van der Waals surface area contributed by atoms with Gasteiger partial charge in [-0.3, -0.25) is 0 Å². The Bertz CT molecular complexity index is 311. The quantitative estimate of drug-likeness (QED) is 0.819. The first-order valence-corrected chi connectivity index (χ1v) is 5.91. The van der Waals surface area contributed by atoms with E-state index < -0.39 is 0 Å². The predicted molar refractivity (Wildman–Crippen MR) is 68.5 cm³/mol. The van der Waals surface area contributed by atoms with Gasteiger partial charge in [0.2, 0.25) is 0 Å². The molecule has 0 spiro atoms. The molecular formula is C14H23NO. The summed E-state index contributed by atoms with van der Waals surface area (Å²) < 4.78 is 0. The highest BCUT2D eigenvalue weighted by molar-refractivity contribution is 5.27. The van der Waals surface area contributed by atoms with Crippen molar-refractivity contribution in [2.45, 2.75) is 45.1 Å². The van der Waals surface area contributed by atoms with Crippen LogP contribution in [0, 0.1) is 0 Å². The number of benzene rings is 1. The molecule has 0 saturated carbocycles. The second kappa shape index (κ2) is 5.46. The van der Waals surface area contributed by atoms with E-state index in [0.717, 1.165) is 12.8 Å². The molecular weight excluding hydrogens is 198 g/mol. The fraction of sp³-hybridized carbons (Fsp3) is 0.571. The molecule has 0 aliphatic rings. The van der Waals surface area contributed by atoms with Crippen molar-refractivity contribution in [3.05, 3.63) is 35.4 Å². The number of hydrogen-bond donors (Lipinski definition) is 2. The molecule has 0 saturated heterocycles. The molecule has 1 rings (SSSR count). The second-order valence-corrected chi connectivity index (χ2v) is 5.38. The van der Waals surface area contributed by atoms with E-state index in [1.807, 2.05) is 0 Å². The maximum Gasteiger partial charge on any atom is 0.0665 e. The summed E-state index contributed by atoms with van der Waals surface area (Å²) in [4.78, 5) is 0. The largest absolute Gasteiger partial charge is 0.392 e. The van der Waals surface area contributed by atoms with Crippen molar-refractivity contribution in [3.8, 4) is 0 Å². The molecule has 1 unspecified atom stereocenters. The van der Waals surface area contributed by atoms with Crippen LogP contribution in [-0.2, 0) is 11.8 Å². The van der Waals surface area contributed by atoms with Gasteiger partial charge in [0.15, 0.2) is 0 Å². The van der Waals surface area contributed by atoms with Gasteiger partial charge in [-0.25, -0.2) is 0 Å². The molecule has 2 nitrogen and oxygen atoms in total. The van der Waals surface area contributed by atoms with Crippen LogP contribution in [0.3, 0.4) is 0 Å². The number of aryl methyl sites for hydroxylation is 1. The molecule has 1 aromatic rings. The second-order valence-electron chi connectivity index (χ2n) is 5.38. The van der Waals surface area contributed by atoms with Gasteiger partial charge < -0.3 is 10.8 Å². The van der Waals surface area contributed by atoms with Crippen LogP contribution in [0.4, 0.5) is 0 Å². The van der Waals surface area contributed by atoms with Gasteiger partial charge in [0.05, 0.1) is 6.10 Å². The molecule has 0 aliphatic heterocycles. The van der Waals surface area contributed by atoms with Crippen molar-refractivity contribution in [1.29, 1.82) is 0 Å². The first kappa shape index (κ1) is 13.2. The smallest absolute Gasteiger partial charge is 0.0665 e. The number of aliphatic hydroxyl groups excluding tert-OH is 1. The van der Waals surface area contributed by atoms with Gasteiger partial charge in [0.25, 0.3) is 0 Å². The standard InChI is InChI=1S/C14H23NO/c1-14(2,3)12-7-4-11(5-8-12)6-9-13(16)10-15/h4-5,7-8,13,16H,6,9-10,15H2,1-3H3. The van der Waals surface area contributed by atoms with E-state index >= 15 is 0 Å². The Labute approximate surface area is 98.5 Å². The first-order chi connectivity index (χ1) is 7.43. The summed E-state index contributed by atoms with van der Waals surface area (Å²) in [5, 5.41) is 9.38. The van der Waals surface area contributed by atoms with Crippen molar-refractivity contribution in [1.82, 2.24) is 0 Å². The maximum atomic E-state index is 9.38. The summed E-state index contributed by atoms with van der Waals surface area (Å²) >= 11 is 0. The maximum absolute atomic E-state index is 9.38. The number of hydrogen-bond acceptors (Lipinski definition) is 2. The Morgan fingerprint density at radius 2 is 1.75 bits per heavy atom. The predicted octanol–water partition coefficient (Wildman–Crippen LogP) is 2.24. The average Bonchev–Trinajstić information content (AvgIpc) is 2.25. The Hall–Kier alpha value is -0.860. The highest BCUT2D eigenvalue weighted by Crippen LogP contribution is 2.22. The van der Waals surface area contributed by atoms with E-state index in [0.29, 0.717) is 6.54 Å². The average molecular weight is 221 g/mol. The molecule has 16 heavy (non-hydrogen) atoms. The molecule has 0 fully saturated rings. The van der Waals surface area contributed by atoms with E-state index in [1.165, 1.54) is 11.1 Å². The van der Waals surface area contributed by atoms with Crippen LogP contribution in [0.1, 0.15) is 38.3 Å². The molecule has 3 N–H and O–H groups in total. The Balaban J connectivity index is 2.58. The Morgan fingerprint density at radius 3 is 2.19 bits per heavy atom. The van der Waals surface area contributed by atoms with Gasteiger partial charge in [0, 0.05) is 6.54 Å².